The van der Waals surface area contributed by atoms with Crippen LogP contribution in [0.2, 0.25) is 0 Å². The lowest BCUT2D eigenvalue weighted by Gasteiger charge is -2.34. The Hall–Kier alpha value is -0.950. The lowest BCUT2D eigenvalue weighted by molar-refractivity contribution is -0.233. The predicted molar refractivity (Wildman–Crippen MR) is 58.5 cm³/mol. The molecular weight excluding hydrogens is 240 g/mol. The number of fused-ring (bicyclic) bond motifs is 3. The van der Waals surface area contributed by atoms with Crippen LogP contribution in [0.3, 0.4) is 0 Å². The van der Waals surface area contributed by atoms with Crippen LogP contribution in [0, 0.1) is 0 Å². The lowest BCUT2D eigenvalue weighted by atomic mass is 9.97. The van der Waals surface area contributed by atoms with E-state index in [-0.39, 0.29) is 5.57 Å². The van der Waals surface area contributed by atoms with Gasteiger partial charge in [0.2, 0.25) is 0 Å². The normalized spacial score (nSPS) is 45.6. The third-order valence-electron chi connectivity index (χ3n) is 3.43. The molecule has 0 aromatic rings. The largest absolute Gasteiger partial charge is 0.453 e. The molecule has 0 spiro atoms. The number of carbonyl (C=O) groups is 1. The summed E-state index contributed by atoms with van der Waals surface area (Å²) >= 11 is 0. The minimum atomic E-state index is -0.732. The van der Waals surface area contributed by atoms with Crippen molar-refractivity contribution in [2.75, 3.05) is 7.11 Å². The summed E-state index contributed by atoms with van der Waals surface area (Å²) in [4.78, 5) is 11.7. The van der Waals surface area contributed by atoms with Gasteiger partial charge in [0.15, 0.2) is 24.3 Å². The number of ether oxygens (including phenoxy) is 5. The number of carbonyl (C=O) groups excluding carboxylic acids is 1. The Morgan fingerprint density at radius 2 is 1.94 bits per heavy atom. The van der Waals surface area contributed by atoms with E-state index in [1.54, 1.807) is 13.8 Å². The molecule has 3 aliphatic rings. The molecule has 0 aromatic heterocycles. The summed E-state index contributed by atoms with van der Waals surface area (Å²) in [5, 5.41) is 0. The molecular formula is C12H16O6. The van der Waals surface area contributed by atoms with Gasteiger partial charge < -0.3 is 23.7 Å². The first-order valence-corrected chi connectivity index (χ1v) is 5.86. The van der Waals surface area contributed by atoms with Gasteiger partial charge in [0, 0.05) is 7.11 Å². The smallest absolute Gasteiger partial charge is 0.336 e. The molecule has 0 radical (unpaired) electrons. The predicted octanol–water partition coefficient (Wildman–Crippen LogP) is 0.359. The molecule has 0 amide bonds. The molecule has 18 heavy (non-hydrogen) atoms. The van der Waals surface area contributed by atoms with Crippen LogP contribution in [0.1, 0.15) is 13.8 Å². The van der Waals surface area contributed by atoms with Crippen LogP contribution in [-0.4, -0.2) is 49.6 Å². The number of rotatable bonds is 1. The molecule has 3 heterocycles. The standard InChI is InChI=1S/C12H16O6/c1-5-6(14-4)7-8(15-10(5)13)9-11(16-7)18-12(2,3)17-9/h6-9,11H,1H2,2-4H3/t6-,7-,8+,9-,11-/m1/s1. The molecule has 3 saturated heterocycles. The van der Waals surface area contributed by atoms with Crippen molar-refractivity contribution in [2.45, 2.75) is 50.3 Å². The highest BCUT2D eigenvalue weighted by Gasteiger charge is 2.61. The Labute approximate surface area is 105 Å². The van der Waals surface area contributed by atoms with Crippen LogP contribution in [0.15, 0.2) is 12.2 Å². The van der Waals surface area contributed by atoms with Gasteiger partial charge in [-0.25, -0.2) is 4.79 Å². The van der Waals surface area contributed by atoms with Gasteiger partial charge >= 0.3 is 5.97 Å². The van der Waals surface area contributed by atoms with Gasteiger partial charge in [0.1, 0.15) is 12.2 Å². The van der Waals surface area contributed by atoms with E-state index in [0.29, 0.717) is 0 Å². The highest BCUT2D eigenvalue weighted by molar-refractivity contribution is 5.90. The number of hydrogen-bond donors (Lipinski definition) is 0. The Morgan fingerprint density at radius 3 is 2.61 bits per heavy atom. The third kappa shape index (κ3) is 1.60. The van der Waals surface area contributed by atoms with Crippen LogP contribution < -0.4 is 0 Å². The van der Waals surface area contributed by atoms with Gasteiger partial charge in [0.25, 0.3) is 0 Å². The van der Waals surface area contributed by atoms with Crippen molar-refractivity contribution >= 4 is 5.97 Å². The van der Waals surface area contributed by atoms with Crippen molar-refractivity contribution in [2.24, 2.45) is 0 Å². The average Bonchev–Trinajstić information content (AvgIpc) is 2.73. The number of hydrogen-bond acceptors (Lipinski definition) is 6. The fourth-order valence-corrected chi connectivity index (χ4v) is 2.67. The van der Waals surface area contributed by atoms with Crippen molar-refractivity contribution in [3.8, 4) is 0 Å². The maximum Gasteiger partial charge on any atom is 0.336 e. The summed E-state index contributed by atoms with van der Waals surface area (Å²) in [7, 11) is 1.51. The first-order chi connectivity index (χ1) is 8.43. The molecule has 0 unspecified atom stereocenters. The highest BCUT2D eigenvalue weighted by Crippen LogP contribution is 2.42. The maximum absolute atomic E-state index is 11.7. The van der Waals surface area contributed by atoms with E-state index in [1.165, 1.54) is 7.11 Å². The first kappa shape index (κ1) is 12.1. The number of esters is 1. The second kappa shape index (κ2) is 3.77. The van der Waals surface area contributed by atoms with Gasteiger partial charge in [-0.1, -0.05) is 6.58 Å². The molecule has 3 aliphatic heterocycles. The summed E-state index contributed by atoms with van der Waals surface area (Å²) in [6.45, 7) is 7.25. The molecule has 0 aromatic carbocycles. The first-order valence-electron chi connectivity index (χ1n) is 5.86. The monoisotopic (exact) mass is 256 g/mol. The van der Waals surface area contributed by atoms with E-state index < -0.39 is 42.5 Å². The molecule has 6 nitrogen and oxygen atoms in total. The van der Waals surface area contributed by atoms with E-state index in [9.17, 15) is 4.79 Å². The molecule has 100 valence electrons. The molecule has 0 saturated carbocycles. The zero-order valence-electron chi connectivity index (χ0n) is 10.5. The molecule has 3 rings (SSSR count). The fraction of sp³-hybridized carbons (Fsp3) is 0.750. The molecule has 0 aliphatic carbocycles. The van der Waals surface area contributed by atoms with E-state index in [4.69, 9.17) is 23.7 Å². The summed E-state index contributed by atoms with van der Waals surface area (Å²) < 4.78 is 27.6. The van der Waals surface area contributed by atoms with Crippen molar-refractivity contribution < 1.29 is 28.5 Å². The van der Waals surface area contributed by atoms with E-state index in [2.05, 4.69) is 6.58 Å². The van der Waals surface area contributed by atoms with Crippen LogP contribution >= 0.6 is 0 Å². The molecule has 6 heteroatoms. The van der Waals surface area contributed by atoms with Gasteiger partial charge in [-0.3, -0.25) is 0 Å². The Balaban J connectivity index is 1.86. The number of methoxy groups -OCH3 is 1. The Kier molecular flexibility index (Phi) is 2.54. The fourth-order valence-electron chi connectivity index (χ4n) is 2.67. The van der Waals surface area contributed by atoms with Crippen molar-refractivity contribution in [1.29, 1.82) is 0 Å². The van der Waals surface area contributed by atoms with Crippen LogP contribution in [0.4, 0.5) is 0 Å². The van der Waals surface area contributed by atoms with Crippen molar-refractivity contribution in [3.63, 3.8) is 0 Å². The molecule has 0 bridgehead atoms. The minimum absolute atomic E-state index is 0.262. The van der Waals surface area contributed by atoms with Gasteiger partial charge in [-0.05, 0) is 13.8 Å². The lowest BCUT2D eigenvalue weighted by Crippen LogP contribution is -2.50. The van der Waals surface area contributed by atoms with Crippen molar-refractivity contribution in [3.05, 3.63) is 12.2 Å². The van der Waals surface area contributed by atoms with Crippen molar-refractivity contribution in [1.82, 2.24) is 0 Å². The summed E-state index contributed by atoms with van der Waals surface area (Å²) in [6.07, 6.45) is -2.41. The van der Waals surface area contributed by atoms with Gasteiger partial charge in [-0.2, -0.15) is 0 Å². The van der Waals surface area contributed by atoms with E-state index >= 15 is 0 Å². The van der Waals surface area contributed by atoms with Gasteiger partial charge in [-0.15, -0.1) is 0 Å². The average molecular weight is 256 g/mol. The zero-order valence-corrected chi connectivity index (χ0v) is 10.5. The van der Waals surface area contributed by atoms with Crippen LogP contribution in [0.25, 0.3) is 0 Å². The van der Waals surface area contributed by atoms with Crippen LogP contribution in [0.5, 0.6) is 0 Å². The quantitative estimate of drug-likeness (QED) is 0.498. The van der Waals surface area contributed by atoms with E-state index in [1.807, 2.05) is 0 Å². The Bertz CT molecular complexity index is 403. The SMILES string of the molecule is C=C1C(=O)O[C@@H]2[C@H]3OC(C)(C)O[C@H]3O[C@@H]2[C@@H]1OC. The highest BCUT2D eigenvalue weighted by atomic mass is 16.8. The summed E-state index contributed by atoms with van der Waals surface area (Å²) in [5.74, 6) is -1.20. The Morgan fingerprint density at radius 1 is 1.22 bits per heavy atom. The molecule has 5 atom stereocenters. The second-order valence-electron chi connectivity index (χ2n) is 5.12. The molecule has 0 N–H and O–H groups in total. The zero-order chi connectivity index (χ0) is 13.1. The van der Waals surface area contributed by atoms with E-state index in [0.717, 1.165) is 0 Å². The molecule has 3 fully saturated rings. The summed E-state index contributed by atoms with van der Waals surface area (Å²) in [6, 6.07) is 0. The minimum Gasteiger partial charge on any atom is -0.453 e. The third-order valence-corrected chi connectivity index (χ3v) is 3.43. The second-order valence-corrected chi connectivity index (χ2v) is 5.12. The topological polar surface area (TPSA) is 63.2 Å². The van der Waals surface area contributed by atoms with Crippen LogP contribution in [-0.2, 0) is 28.5 Å². The maximum atomic E-state index is 11.7. The van der Waals surface area contributed by atoms with Gasteiger partial charge in [0.05, 0.1) is 5.57 Å². The summed E-state index contributed by atoms with van der Waals surface area (Å²) in [5.41, 5.74) is 0.262.